The topological polar surface area (TPSA) is 15.3 Å². The highest BCUT2D eigenvalue weighted by Crippen LogP contribution is 2.24. The molecule has 0 saturated carbocycles. The highest BCUT2D eigenvalue weighted by molar-refractivity contribution is 5.19. The van der Waals surface area contributed by atoms with Crippen LogP contribution in [-0.2, 0) is 6.42 Å². The molecule has 1 heterocycles. The van der Waals surface area contributed by atoms with Crippen LogP contribution in [0.15, 0.2) is 18.2 Å². The molecule has 0 spiro atoms. The third kappa shape index (κ3) is 4.25. The van der Waals surface area contributed by atoms with Crippen molar-refractivity contribution in [3.63, 3.8) is 0 Å². The predicted molar refractivity (Wildman–Crippen MR) is 73.2 cm³/mol. The van der Waals surface area contributed by atoms with Crippen LogP contribution in [0.3, 0.4) is 0 Å². The molecule has 2 rings (SSSR count). The summed E-state index contributed by atoms with van der Waals surface area (Å²) in [6.45, 7) is 9.51. The van der Waals surface area contributed by atoms with Crippen LogP contribution in [0.5, 0.6) is 0 Å². The van der Waals surface area contributed by atoms with E-state index in [1.54, 1.807) is 6.07 Å². The molecule has 0 aromatic heterocycles. The number of hydrogen-bond acceptors (Lipinski definition) is 2. The Labute approximate surface area is 113 Å². The minimum Gasteiger partial charge on any atom is -0.314 e. The van der Waals surface area contributed by atoms with E-state index in [9.17, 15) is 8.78 Å². The number of nitrogens with zero attached hydrogens (tertiary/aromatic N) is 1. The first-order valence-corrected chi connectivity index (χ1v) is 6.83. The largest absolute Gasteiger partial charge is 0.314 e. The molecule has 1 aliphatic rings. The van der Waals surface area contributed by atoms with Crippen molar-refractivity contribution in [1.82, 2.24) is 10.2 Å². The number of rotatable bonds is 4. The second-order valence-electron chi connectivity index (χ2n) is 6.12. The average Bonchev–Trinajstić information content (AvgIpc) is 2.34. The van der Waals surface area contributed by atoms with Gasteiger partial charge in [-0.1, -0.05) is 19.9 Å². The lowest BCUT2D eigenvalue weighted by Crippen LogP contribution is -2.47. The zero-order valence-electron chi connectivity index (χ0n) is 11.7. The maximum Gasteiger partial charge on any atom is 0.159 e. The van der Waals surface area contributed by atoms with Gasteiger partial charge < -0.3 is 10.2 Å². The fraction of sp³-hybridized carbons (Fsp3) is 0.600. The van der Waals surface area contributed by atoms with Crippen LogP contribution in [0, 0.1) is 17.0 Å². The Kier molecular flexibility index (Phi) is 4.53. The molecule has 0 amide bonds. The molecule has 19 heavy (non-hydrogen) atoms. The van der Waals surface area contributed by atoms with Crippen LogP contribution in [0.25, 0.3) is 0 Å². The smallest absolute Gasteiger partial charge is 0.159 e. The number of piperazine rings is 1. The van der Waals surface area contributed by atoms with E-state index in [1.165, 1.54) is 12.1 Å². The summed E-state index contributed by atoms with van der Waals surface area (Å²) in [5.41, 5.74) is 0.917. The van der Waals surface area contributed by atoms with Crippen LogP contribution >= 0.6 is 0 Å². The van der Waals surface area contributed by atoms with E-state index in [0.29, 0.717) is 0 Å². The van der Waals surface area contributed by atoms with Gasteiger partial charge in [-0.3, -0.25) is 0 Å². The van der Waals surface area contributed by atoms with Crippen LogP contribution in [0.4, 0.5) is 8.78 Å². The Morgan fingerprint density at radius 2 is 1.84 bits per heavy atom. The summed E-state index contributed by atoms with van der Waals surface area (Å²) in [6.07, 6.45) is 0.758. The molecule has 1 N–H and O–H groups in total. The predicted octanol–water partition coefficient (Wildman–Crippen LogP) is 2.44. The highest BCUT2D eigenvalue weighted by atomic mass is 19.2. The molecule has 0 atom stereocenters. The fourth-order valence-electron chi connectivity index (χ4n) is 2.73. The number of nitrogens with one attached hydrogen (secondary N) is 1. The minimum atomic E-state index is -0.774. The van der Waals surface area contributed by atoms with Crippen molar-refractivity contribution in [1.29, 1.82) is 0 Å². The van der Waals surface area contributed by atoms with Crippen molar-refractivity contribution in [2.75, 3.05) is 32.7 Å². The van der Waals surface area contributed by atoms with Crippen molar-refractivity contribution < 1.29 is 8.78 Å². The molecule has 4 heteroatoms. The van der Waals surface area contributed by atoms with E-state index < -0.39 is 11.6 Å². The standard InChI is InChI=1S/C15H22F2N2/c1-15(2,11-19-7-5-18-6-8-19)10-12-3-4-13(16)14(17)9-12/h3-4,9,18H,5-8,10-11H2,1-2H3. The van der Waals surface area contributed by atoms with Gasteiger partial charge in [0.25, 0.3) is 0 Å². The molecule has 106 valence electrons. The van der Waals surface area contributed by atoms with Gasteiger partial charge in [-0.05, 0) is 29.5 Å². The maximum absolute atomic E-state index is 13.2. The third-order valence-corrected chi connectivity index (χ3v) is 3.53. The van der Waals surface area contributed by atoms with E-state index in [4.69, 9.17) is 0 Å². The molecule has 0 aliphatic carbocycles. The summed E-state index contributed by atoms with van der Waals surface area (Å²) in [7, 11) is 0. The molecule has 1 fully saturated rings. The van der Waals surface area contributed by atoms with Crippen LogP contribution in [-0.4, -0.2) is 37.6 Å². The van der Waals surface area contributed by atoms with Crippen molar-refractivity contribution in [3.05, 3.63) is 35.4 Å². The van der Waals surface area contributed by atoms with Crippen molar-refractivity contribution >= 4 is 0 Å². The number of hydrogen-bond donors (Lipinski definition) is 1. The Balaban J connectivity index is 1.96. The summed E-state index contributed by atoms with van der Waals surface area (Å²) < 4.78 is 26.1. The molecule has 0 bridgehead atoms. The van der Waals surface area contributed by atoms with Gasteiger partial charge in [0.15, 0.2) is 11.6 Å². The van der Waals surface area contributed by atoms with Gasteiger partial charge in [-0.15, -0.1) is 0 Å². The molecular formula is C15H22F2N2. The van der Waals surface area contributed by atoms with Crippen molar-refractivity contribution in [2.24, 2.45) is 5.41 Å². The first-order chi connectivity index (χ1) is 8.96. The van der Waals surface area contributed by atoms with Gasteiger partial charge in [-0.2, -0.15) is 0 Å². The molecule has 1 aromatic rings. The lowest BCUT2D eigenvalue weighted by Gasteiger charge is -2.35. The molecule has 1 aromatic carbocycles. The zero-order valence-corrected chi connectivity index (χ0v) is 11.7. The van der Waals surface area contributed by atoms with Crippen molar-refractivity contribution in [3.8, 4) is 0 Å². The second kappa shape index (κ2) is 5.97. The Morgan fingerprint density at radius 3 is 2.47 bits per heavy atom. The molecular weight excluding hydrogens is 246 g/mol. The highest BCUT2D eigenvalue weighted by Gasteiger charge is 2.23. The maximum atomic E-state index is 13.2. The number of halogens is 2. The summed E-state index contributed by atoms with van der Waals surface area (Å²) >= 11 is 0. The first kappa shape index (κ1) is 14.4. The fourth-order valence-corrected chi connectivity index (χ4v) is 2.73. The van der Waals surface area contributed by atoms with Gasteiger partial charge >= 0.3 is 0 Å². The summed E-state index contributed by atoms with van der Waals surface area (Å²) in [5, 5.41) is 3.33. The summed E-state index contributed by atoms with van der Waals surface area (Å²) in [5.74, 6) is -1.53. The van der Waals surface area contributed by atoms with Gasteiger partial charge in [0.05, 0.1) is 0 Å². The van der Waals surface area contributed by atoms with E-state index >= 15 is 0 Å². The third-order valence-electron chi connectivity index (χ3n) is 3.53. The summed E-state index contributed by atoms with van der Waals surface area (Å²) in [4.78, 5) is 2.43. The first-order valence-electron chi connectivity index (χ1n) is 6.83. The van der Waals surface area contributed by atoms with Gasteiger partial charge in [-0.25, -0.2) is 8.78 Å². The lowest BCUT2D eigenvalue weighted by atomic mass is 9.85. The van der Waals surface area contributed by atoms with E-state index in [2.05, 4.69) is 24.1 Å². The van der Waals surface area contributed by atoms with E-state index in [1.807, 2.05) is 0 Å². The molecule has 1 saturated heterocycles. The van der Waals surface area contributed by atoms with Gasteiger partial charge in [0, 0.05) is 32.7 Å². The Morgan fingerprint density at radius 1 is 1.16 bits per heavy atom. The van der Waals surface area contributed by atoms with Gasteiger partial charge in [0.1, 0.15) is 0 Å². The molecule has 2 nitrogen and oxygen atoms in total. The van der Waals surface area contributed by atoms with E-state index in [0.717, 1.165) is 44.7 Å². The SMILES string of the molecule is CC(C)(Cc1ccc(F)c(F)c1)CN1CCNCC1. The monoisotopic (exact) mass is 268 g/mol. The van der Waals surface area contributed by atoms with Crippen LogP contribution in [0.1, 0.15) is 19.4 Å². The Bertz CT molecular complexity index is 426. The van der Waals surface area contributed by atoms with Gasteiger partial charge in [0.2, 0.25) is 0 Å². The number of benzene rings is 1. The van der Waals surface area contributed by atoms with Crippen molar-refractivity contribution in [2.45, 2.75) is 20.3 Å². The Hall–Kier alpha value is -1.00. The normalized spacial score (nSPS) is 17.7. The molecule has 0 radical (unpaired) electrons. The molecule has 1 aliphatic heterocycles. The van der Waals surface area contributed by atoms with E-state index in [-0.39, 0.29) is 5.41 Å². The molecule has 0 unspecified atom stereocenters. The zero-order chi connectivity index (χ0) is 13.9. The van der Waals surface area contributed by atoms with Crippen LogP contribution in [0.2, 0.25) is 0 Å². The summed E-state index contributed by atoms with van der Waals surface area (Å²) in [6, 6.07) is 4.21. The average molecular weight is 268 g/mol. The minimum absolute atomic E-state index is 0.0572. The quantitative estimate of drug-likeness (QED) is 0.902. The lowest BCUT2D eigenvalue weighted by molar-refractivity contribution is 0.160. The van der Waals surface area contributed by atoms with Crippen LogP contribution < -0.4 is 5.32 Å². The second-order valence-corrected chi connectivity index (χ2v) is 6.12.